The second-order valence-corrected chi connectivity index (χ2v) is 17.3. The molecule has 13 unspecified atom stereocenters. The van der Waals surface area contributed by atoms with Gasteiger partial charge in [0.05, 0.1) is 18.3 Å². The topological polar surface area (TPSA) is 138 Å². The lowest BCUT2D eigenvalue weighted by atomic mass is 9.78. The molecule has 3 rings (SSSR count). The predicted molar refractivity (Wildman–Crippen MR) is 221 cm³/mol. The highest BCUT2D eigenvalue weighted by Gasteiger charge is 2.56. The minimum absolute atomic E-state index is 0.117. The molecule has 1 aliphatic carbocycles. The van der Waals surface area contributed by atoms with Crippen molar-refractivity contribution in [3.05, 3.63) is 36.0 Å². The molecule has 2 aliphatic heterocycles. The first-order valence-corrected chi connectivity index (χ1v) is 21.5. The number of aliphatic hydroxyl groups is 1. The molecule has 0 aromatic heterocycles. The first kappa shape index (κ1) is 48.7. The average molecular weight is 802 g/mol. The molecule has 3 aliphatic rings. The van der Waals surface area contributed by atoms with Crippen LogP contribution in [0, 0.1) is 35.5 Å². The van der Waals surface area contributed by atoms with Crippen LogP contribution in [0.15, 0.2) is 36.0 Å². The summed E-state index contributed by atoms with van der Waals surface area (Å²) in [5.74, 6) is -5.77. The zero-order valence-electron chi connectivity index (χ0n) is 36.9. The summed E-state index contributed by atoms with van der Waals surface area (Å²) >= 11 is 0. The molecule has 11 nitrogen and oxygen atoms in total. The van der Waals surface area contributed by atoms with Crippen molar-refractivity contribution in [2.24, 2.45) is 35.5 Å². The summed E-state index contributed by atoms with van der Waals surface area (Å²) < 4.78 is 29.7. The largest absolute Gasteiger partial charge is 0.456 e. The number of hydrogen-bond donors (Lipinski definition) is 1. The van der Waals surface area contributed by atoms with E-state index in [1.165, 1.54) is 4.90 Å². The van der Waals surface area contributed by atoms with Crippen molar-refractivity contribution in [3.63, 3.8) is 0 Å². The van der Waals surface area contributed by atoms with Gasteiger partial charge in [0.25, 0.3) is 11.7 Å². The van der Waals surface area contributed by atoms with E-state index in [1.807, 2.05) is 40.7 Å². The number of Topliss-reactive ketones (excluding diaryl/α,β-unsaturated/α-hetero) is 2. The van der Waals surface area contributed by atoms with Crippen molar-refractivity contribution in [3.8, 4) is 0 Å². The number of allylic oxidation sites excluding steroid dienone is 4. The predicted octanol–water partition coefficient (Wildman–Crippen LogP) is 7.58. The maximum absolute atomic E-state index is 14.3. The Morgan fingerprint density at radius 3 is 2.28 bits per heavy atom. The van der Waals surface area contributed by atoms with Crippen LogP contribution in [0.4, 0.5) is 0 Å². The van der Waals surface area contributed by atoms with Crippen LogP contribution in [0.5, 0.6) is 0 Å². The molecule has 0 aromatic rings. The maximum Gasteiger partial charge on any atom is 0.329 e. The van der Waals surface area contributed by atoms with Crippen LogP contribution in [0.2, 0.25) is 0 Å². The Morgan fingerprint density at radius 1 is 1.00 bits per heavy atom. The van der Waals surface area contributed by atoms with E-state index >= 15 is 0 Å². The number of hydrogen-bond acceptors (Lipinski definition) is 10. The second kappa shape index (κ2) is 22.6. The molecule has 0 radical (unpaired) electrons. The molecular weight excluding hydrogens is 727 g/mol. The minimum atomic E-state index is -2.43. The van der Waals surface area contributed by atoms with Gasteiger partial charge in [-0.25, -0.2) is 4.79 Å². The first-order valence-electron chi connectivity index (χ1n) is 21.5. The Labute approximate surface area is 343 Å². The number of ether oxygens (including phenoxy) is 5. The highest BCUT2D eigenvalue weighted by molar-refractivity contribution is 6.39. The van der Waals surface area contributed by atoms with Gasteiger partial charge < -0.3 is 33.7 Å². The van der Waals surface area contributed by atoms with E-state index in [4.69, 9.17) is 23.7 Å². The van der Waals surface area contributed by atoms with Gasteiger partial charge in [-0.2, -0.15) is 0 Å². The molecule has 1 amide bonds. The normalized spacial score (nSPS) is 31.2. The summed E-state index contributed by atoms with van der Waals surface area (Å²) in [5.41, 5.74) is 2.04. The number of ketones is 2. The number of likely N-dealkylation sites (tertiary alicyclic amines) is 1. The fraction of sp³-hybridized carbons (Fsp3) is 0.783. The summed E-state index contributed by atoms with van der Waals surface area (Å²) in [6, 6.07) is -1.02. The monoisotopic (exact) mass is 802 g/mol. The van der Waals surface area contributed by atoms with Gasteiger partial charge >= 0.3 is 5.97 Å². The summed E-state index contributed by atoms with van der Waals surface area (Å²) in [6.07, 6.45) is 10.8. The van der Waals surface area contributed by atoms with Crippen molar-refractivity contribution in [2.45, 2.75) is 168 Å². The van der Waals surface area contributed by atoms with E-state index in [0.717, 1.165) is 43.3 Å². The zero-order valence-corrected chi connectivity index (χ0v) is 36.9. The smallest absolute Gasteiger partial charge is 0.329 e. The molecule has 0 aromatic carbocycles. The van der Waals surface area contributed by atoms with E-state index < -0.39 is 59.8 Å². The summed E-state index contributed by atoms with van der Waals surface area (Å²) in [5, 5.41) is 11.8. The van der Waals surface area contributed by atoms with Crippen molar-refractivity contribution in [2.75, 3.05) is 27.9 Å². The highest BCUT2D eigenvalue weighted by Crippen LogP contribution is 2.39. The number of rotatable bonds is 21. The number of esters is 1. The van der Waals surface area contributed by atoms with Gasteiger partial charge in [-0.05, 0) is 95.0 Å². The lowest BCUT2D eigenvalue weighted by Crippen LogP contribution is -2.63. The van der Waals surface area contributed by atoms with Gasteiger partial charge in [0.15, 0.2) is 0 Å². The fourth-order valence-corrected chi connectivity index (χ4v) is 9.07. The molecular formula is C46H75NO10. The SMILES string of the molecule is C=CCC(/C=C(\C)CC)C(=O)CC(C)C(C)C(OC(=O)C1CCCN1C(=O)C(=O)C1(O)OC(C(CCC)OC)C(OC)CC1C)/C(C)=C/C1CCC(C)C(OC)C1. The van der Waals surface area contributed by atoms with Gasteiger partial charge in [0.2, 0.25) is 5.79 Å². The molecule has 3 fully saturated rings. The van der Waals surface area contributed by atoms with Crippen LogP contribution >= 0.6 is 0 Å². The highest BCUT2D eigenvalue weighted by atomic mass is 16.7. The number of carbonyl (C=O) groups is 4. The molecule has 13 atom stereocenters. The third-order valence-electron chi connectivity index (χ3n) is 13.2. The van der Waals surface area contributed by atoms with Crippen LogP contribution in [-0.4, -0.2) is 104 Å². The quantitative estimate of drug-likeness (QED) is 0.0703. The van der Waals surface area contributed by atoms with Crippen molar-refractivity contribution >= 4 is 23.4 Å². The molecule has 57 heavy (non-hydrogen) atoms. The second-order valence-electron chi connectivity index (χ2n) is 17.3. The zero-order chi connectivity index (χ0) is 42.6. The van der Waals surface area contributed by atoms with E-state index in [1.54, 1.807) is 34.3 Å². The lowest BCUT2D eigenvalue weighted by molar-refractivity contribution is -0.302. The van der Waals surface area contributed by atoms with Crippen LogP contribution in [0.3, 0.4) is 0 Å². The van der Waals surface area contributed by atoms with Gasteiger partial charge in [-0.15, -0.1) is 6.58 Å². The minimum Gasteiger partial charge on any atom is -0.456 e. The van der Waals surface area contributed by atoms with Crippen LogP contribution < -0.4 is 0 Å². The van der Waals surface area contributed by atoms with Crippen molar-refractivity contribution in [1.29, 1.82) is 0 Å². The molecule has 1 saturated carbocycles. The Bertz CT molecular complexity index is 1420. The number of methoxy groups -OCH3 is 3. The number of carbonyl (C=O) groups excluding carboxylic acids is 4. The van der Waals surface area contributed by atoms with E-state index in [-0.39, 0.29) is 48.5 Å². The van der Waals surface area contributed by atoms with E-state index in [2.05, 4.69) is 26.5 Å². The van der Waals surface area contributed by atoms with E-state index in [0.29, 0.717) is 38.0 Å². The molecule has 324 valence electrons. The fourth-order valence-electron chi connectivity index (χ4n) is 9.07. The molecule has 0 bridgehead atoms. The molecule has 2 heterocycles. The first-order chi connectivity index (χ1) is 27.0. The molecule has 2 saturated heterocycles. The summed E-state index contributed by atoms with van der Waals surface area (Å²) in [7, 11) is 4.84. The molecule has 1 N–H and O–H groups in total. The molecule has 11 heteroatoms. The van der Waals surface area contributed by atoms with Gasteiger partial charge in [-0.3, -0.25) is 14.4 Å². The van der Waals surface area contributed by atoms with E-state index in [9.17, 15) is 24.3 Å². The average Bonchev–Trinajstić information content (AvgIpc) is 3.69. The lowest BCUT2D eigenvalue weighted by Gasteiger charge is -2.46. The number of nitrogens with zero attached hydrogens (tertiary/aromatic N) is 1. The number of amides is 1. The van der Waals surface area contributed by atoms with Crippen LogP contribution in [0.25, 0.3) is 0 Å². The maximum atomic E-state index is 14.3. The van der Waals surface area contributed by atoms with Gasteiger partial charge in [0, 0.05) is 52.0 Å². The van der Waals surface area contributed by atoms with Crippen molar-refractivity contribution in [1.82, 2.24) is 4.90 Å². The van der Waals surface area contributed by atoms with Crippen molar-refractivity contribution < 1.29 is 48.0 Å². The van der Waals surface area contributed by atoms with Crippen LogP contribution in [-0.2, 0) is 42.9 Å². The Kier molecular flexibility index (Phi) is 19.3. The Balaban J connectivity index is 1.90. The summed E-state index contributed by atoms with van der Waals surface area (Å²) in [4.78, 5) is 57.3. The Morgan fingerprint density at radius 2 is 1.68 bits per heavy atom. The standard InChI is InChI=1S/C46H75NO10/c1-13-17-35(23-28(4)15-3)37(48)25-30(6)33(9)41(31(7)24-34-21-20-29(5)39(27-34)54-11)56-45(51)36-19-16-22-47(36)44(50)43(49)46(52)32(8)26-40(55-12)42(57-46)38(53-10)18-14-2/h13,23-24,29-30,32-36,38-42,52H,1,14-22,25-27H2,2-12H3/b28-23+,31-24+. The summed E-state index contributed by atoms with van der Waals surface area (Å²) in [6.45, 7) is 20.0. The molecule has 0 spiro atoms. The third kappa shape index (κ3) is 12.2. The Hall–Kier alpha value is -2.70. The van der Waals surface area contributed by atoms with Gasteiger partial charge in [0.1, 0.15) is 24.0 Å². The van der Waals surface area contributed by atoms with Crippen LogP contribution in [0.1, 0.15) is 126 Å². The van der Waals surface area contributed by atoms with Gasteiger partial charge in [-0.1, -0.05) is 71.8 Å². The third-order valence-corrected chi connectivity index (χ3v) is 13.2.